The van der Waals surface area contributed by atoms with Gasteiger partial charge in [-0.15, -0.1) is 0 Å². The molecule has 1 aliphatic rings. The van der Waals surface area contributed by atoms with Gasteiger partial charge in [0.2, 0.25) is 0 Å². The topological polar surface area (TPSA) is 75.7 Å². The van der Waals surface area contributed by atoms with Crippen LogP contribution >= 0.6 is 11.6 Å². The number of anilines is 1. The number of nitrogens with zero attached hydrogens (tertiary/aromatic N) is 1. The normalized spacial score (nSPS) is 12.4. The molecule has 0 fully saturated rings. The van der Waals surface area contributed by atoms with E-state index in [9.17, 15) is 14.4 Å². The number of nitrogens with one attached hydrogen (secondary N) is 1. The van der Waals surface area contributed by atoms with Crippen LogP contribution in [-0.2, 0) is 20.7 Å². The summed E-state index contributed by atoms with van der Waals surface area (Å²) in [6.45, 7) is 0.667. The van der Waals surface area contributed by atoms with Crippen LogP contribution in [0.1, 0.15) is 28.8 Å². The highest BCUT2D eigenvalue weighted by atomic mass is 35.5. The van der Waals surface area contributed by atoms with Gasteiger partial charge in [-0.3, -0.25) is 14.4 Å². The number of esters is 1. The maximum atomic E-state index is 12.3. The monoisotopic (exact) mass is 400 g/mol. The summed E-state index contributed by atoms with van der Waals surface area (Å²) >= 11 is 5.79. The number of fused-ring (bicyclic) bond motifs is 1. The first kappa shape index (κ1) is 19.9. The number of rotatable bonds is 7. The average molecular weight is 401 g/mol. The maximum Gasteiger partial charge on any atom is 0.306 e. The van der Waals surface area contributed by atoms with E-state index in [2.05, 4.69) is 5.32 Å². The Morgan fingerprint density at radius 2 is 1.82 bits per heavy atom. The van der Waals surface area contributed by atoms with Crippen molar-refractivity contribution >= 4 is 35.1 Å². The second-order valence-electron chi connectivity index (χ2n) is 6.45. The highest BCUT2D eigenvalue weighted by Crippen LogP contribution is 2.27. The van der Waals surface area contributed by atoms with E-state index in [-0.39, 0.29) is 24.8 Å². The molecule has 6 nitrogen and oxygen atoms in total. The summed E-state index contributed by atoms with van der Waals surface area (Å²) in [4.78, 5) is 37.7. The van der Waals surface area contributed by atoms with Gasteiger partial charge in [-0.1, -0.05) is 29.8 Å². The SMILES string of the molecule is O=C(CCCNC(=O)c1ccc(Cl)cc1)OCC(=O)N1CCc2ccccc21. The molecule has 2 aromatic rings. The molecule has 1 N–H and O–H groups in total. The van der Waals surface area contributed by atoms with Crippen LogP contribution < -0.4 is 10.2 Å². The molecule has 2 aromatic carbocycles. The minimum atomic E-state index is -0.457. The number of benzene rings is 2. The number of para-hydroxylation sites is 1. The molecule has 0 saturated carbocycles. The zero-order valence-electron chi connectivity index (χ0n) is 15.3. The van der Waals surface area contributed by atoms with E-state index in [4.69, 9.17) is 16.3 Å². The molecular formula is C21H21ClN2O4. The van der Waals surface area contributed by atoms with E-state index >= 15 is 0 Å². The van der Waals surface area contributed by atoms with Crippen molar-refractivity contribution in [1.82, 2.24) is 5.32 Å². The molecule has 2 amide bonds. The molecule has 7 heteroatoms. The van der Waals surface area contributed by atoms with E-state index in [1.54, 1.807) is 29.2 Å². The Labute approximate surface area is 168 Å². The molecule has 0 unspecified atom stereocenters. The van der Waals surface area contributed by atoms with Gasteiger partial charge in [0.15, 0.2) is 6.61 Å². The van der Waals surface area contributed by atoms with Crippen LogP contribution in [0.25, 0.3) is 0 Å². The van der Waals surface area contributed by atoms with Gasteiger partial charge in [-0.25, -0.2) is 0 Å². The van der Waals surface area contributed by atoms with Gasteiger partial charge in [0.1, 0.15) is 0 Å². The second kappa shape index (κ2) is 9.37. The summed E-state index contributed by atoms with van der Waals surface area (Å²) in [6.07, 6.45) is 1.37. The van der Waals surface area contributed by atoms with Crippen LogP contribution in [0.3, 0.4) is 0 Å². The fourth-order valence-electron chi connectivity index (χ4n) is 3.03. The standard InChI is InChI=1S/C21H21ClN2O4/c22-17-9-7-16(8-10-17)21(27)23-12-3-6-20(26)28-14-19(25)24-13-11-15-4-1-2-5-18(15)24/h1-2,4-5,7-10H,3,6,11-14H2,(H,23,27). The van der Waals surface area contributed by atoms with E-state index < -0.39 is 5.97 Å². The Balaban J connectivity index is 1.34. The predicted molar refractivity (Wildman–Crippen MR) is 106 cm³/mol. The van der Waals surface area contributed by atoms with Gasteiger partial charge in [0.25, 0.3) is 11.8 Å². The van der Waals surface area contributed by atoms with Crippen molar-refractivity contribution in [1.29, 1.82) is 0 Å². The van der Waals surface area contributed by atoms with Crippen LogP contribution in [0, 0.1) is 0 Å². The van der Waals surface area contributed by atoms with Crippen molar-refractivity contribution in [3.05, 3.63) is 64.7 Å². The first-order valence-corrected chi connectivity index (χ1v) is 9.50. The molecule has 0 radical (unpaired) electrons. The van der Waals surface area contributed by atoms with Crippen LogP contribution in [0.2, 0.25) is 5.02 Å². The Morgan fingerprint density at radius 3 is 2.61 bits per heavy atom. The molecule has 3 rings (SSSR count). The number of ether oxygens (including phenoxy) is 1. The fourth-order valence-corrected chi connectivity index (χ4v) is 3.15. The lowest BCUT2D eigenvalue weighted by Gasteiger charge is -2.17. The molecule has 0 aromatic heterocycles. The van der Waals surface area contributed by atoms with Crippen LogP contribution in [0.4, 0.5) is 5.69 Å². The molecule has 0 spiro atoms. The lowest BCUT2D eigenvalue weighted by Crippen LogP contribution is -2.33. The number of hydrogen-bond acceptors (Lipinski definition) is 4. The third-order valence-electron chi connectivity index (χ3n) is 4.49. The van der Waals surface area contributed by atoms with Gasteiger partial charge >= 0.3 is 5.97 Å². The average Bonchev–Trinajstić information content (AvgIpc) is 3.14. The van der Waals surface area contributed by atoms with Crippen molar-refractivity contribution in [2.24, 2.45) is 0 Å². The molecule has 1 heterocycles. The van der Waals surface area contributed by atoms with E-state index in [1.807, 2.05) is 24.3 Å². The van der Waals surface area contributed by atoms with Gasteiger partial charge in [-0.05, 0) is 48.7 Å². The molecule has 28 heavy (non-hydrogen) atoms. The van der Waals surface area contributed by atoms with Crippen LogP contribution in [0.5, 0.6) is 0 Å². The van der Waals surface area contributed by atoms with Gasteiger partial charge in [0, 0.05) is 35.8 Å². The molecule has 0 bridgehead atoms. The zero-order chi connectivity index (χ0) is 19.9. The number of amides is 2. The van der Waals surface area contributed by atoms with Crippen molar-refractivity contribution < 1.29 is 19.1 Å². The van der Waals surface area contributed by atoms with Gasteiger partial charge < -0.3 is 15.0 Å². The Morgan fingerprint density at radius 1 is 1.07 bits per heavy atom. The number of hydrogen-bond donors (Lipinski definition) is 1. The minimum Gasteiger partial charge on any atom is -0.456 e. The summed E-state index contributed by atoms with van der Waals surface area (Å²) in [6, 6.07) is 14.3. The van der Waals surface area contributed by atoms with E-state index in [0.717, 1.165) is 17.7 Å². The fraction of sp³-hybridized carbons (Fsp3) is 0.286. The maximum absolute atomic E-state index is 12.3. The highest BCUT2D eigenvalue weighted by molar-refractivity contribution is 6.30. The van der Waals surface area contributed by atoms with Crippen LogP contribution in [-0.4, -0.2) is 37.5 Å². The predicted octanol–water partition coefficient (Wildman–Crippen LogP) is 2.98. The Bertz CT molecular complexity index is 867. The zero-order valence-corrected chi connectivity index (χ0v) is 16.1. The van der Waals surface area contributed by atoms with E-state index in [0.29, 0.717) is 30.1 Å². The molecule has 0 saturated heterocycles. The third-order valence-corrected chi connectivity index (χ3v) is 4.75. The first-order chi connectivity index (χ1) is 13.5. The summed E-state index contributed by atoms with van der Waals surface area (Å²) < 4.78 is 5.08. The molecule has 0 aliphatic carbocycles. The minimum absolute atomic E-state index is 0.130. The second-order valence-corrected chi connectivity index (χ2v) is 6.89. The van der Waals surface area contributed by atoms with Crippen molar-refractivity contribution in [2.75, 3.05) is 24.6 Å². The van der Waals surface area contributed by atoms with Crippen molar-refractivity contribution in [3.63, 3.8) is 0 Å². The number of halogens is 1. The van der Waals surface area contributed by atoms with Crippen molar-refractivity contribution in [3.8, 4) is 0 Å². The summed E-state index contributed by atoms with van der Waals surface area (Å²) in [5.41, 5.74) is 2.51. The highest BCUT2D eigenvalue weighted by Gasteiger charge is 2.24. The molecule has 0 atom stereocenters. The van der Waals surface area contributed by atoms with E-state index in [1.165, 1.54) is 0 Å². The van der Waals surface area contributed by atoms with Crippen molar-refractivity contribution in [2.45, 2.75) is 19.3 Å². The van der Waals surface area contributed by atoms with Gasteiger partial charge in [-0.2, -0.15) is 0 Å². The van der Waals surface area contributed by atoms with Crippen LogP contribution in [0.15, 0.2) is 48.5 Å². The summed E-state index contributed by atoms with van der Waals surface area (Å²) in [5.74, 6) is -0.913. The lowest BCUT2D eigenvalue weighted by atomic mass is 10.2. The molecule has 146 valence electrons. The summed E-state index contributed by atoms with van der Waals surface area (Å²) in [7, 11) is 0. The summed E-state index contributed by atoms with van der Waals surface area (Å²) in [5, 5.41) is 3.29. The first-order valence-electron chi connectivity index (χ1n) is 9.12. The molecule has 1 aliphatic heterocycles. The smallest absolute Gasteiger partial charge is 0.306 e. The third kappa shape index (κ3) is 5.10. The number of carbonyl (C=O) groups is 3. The molecular weight excluding hydrogens is 380 g/mol. The number of carbonyl (C=O) groups excluding carboxylic acids is 3. The Kier molecular flexibility index (Phi) is 6.66. The lowest BCUT2D eigenvalue weighted by molar-refractivity contribution is -0.147. The Hall–Kier alpha value is -2.86. The van der Waals surface area contributed by atoms with Gasteiger partial charge in [0.05, 0.1) is 0 Å². The largest absolute Gasteiger partial charge is 0.456 e. The quantitative estimate of drug-likeness (QED) is 0.572.